The van der Waals surface area contributed by atoms with Crippen molar-refractivity contribution in [2.24, 2.45) is 0 Å². The first-order valence-corrected chi connectivity index (χ1v) is 5.90. The van der Waals surface area contributed by atoms with Crippen LogP contribution in [-0.4, -0.2) is 22.8 Å². The summed E-state index contributed by atoms with van der Waals surface area (Å²) in [5.74, 6) is 0.364. The summed E-state index contributed by atoms with van der Waals surface area (Å²) in [6.07, 6.45) is 2.03. The average Bonchev–Trinajstić information content (AvgIpc) is 3.09. The van der Waals surface area contributed by atoms with Crippen LogP contribution in [0.15, 0.2) is 15.3 Å². The van der Waals surface area contributed by atoms with E-state index in [4.69, 9.17) is 9.15 Å². The highest BCUT2D eigenvalue weighted by Crippen LogP contribution is 2.40. The second kappa shape index (κ2) is 3.97. The third-order valence-corrected chi connectivity index (χ3v) is 2.91. The molecule has 18 heavy (non-hydrogen) atoms. The number of carbonyl (C=O) groups is 1. The molecule has 0 unspecified atom stereocenters. The number of rotatable bonds is 3. The van der Waals surface area contributed by atoms with E-state index in [0.717, 1.165) is 12.8 Å². The van der Waals surface area contributed by atoms with Crippen molar-refractivity contribution in [3.63, 3.8) is 0 Å². The molecule has 2 heterocycles. The molecule has 0 aliphatic heterocycles. The van der Waals surface area contributed by atoms with Crippen LogP contribution in [0.2, 0.25) is 0 Å². The van der Waals surface area contributed by atoms with Crippen LogP contribution in [0, 0.1) is 0 Å². The van der Waals surface area contributed by atoms with Gasteiger partial charge in [0.2, 0.25) is 5.43 Å². The largest absolute Gasteiger partial charge is 0.461 e. The molecule has 1 saturated carbocycles. The molecule has 0 amide bonds. The predicted octanol–water partition coefficient (Wildman–Crippen LogP) is 1.57. The number of aromatic nitrogens is 2. The highest BCUT2D eigenvalue weighted by atomic mass is 16.5. The Kier molecular flexibility index (Phi) is 2.43. The lowest BCUT2D eigenvalue weighted by Gasteiger charge is -2.00. The molecular formula is C12H12N2O4. The van der Waals surface area contributed by atoms with Crippen LogP contribution >= 0.6 is 0 Å². The first kappa shape index (κ1) is 11.0. The van der Waals surface area contributed by atoms with Gasteiger partial charge in [-0.15, -0.1) is 0 Å². The molecule has 0 spiro atoms. The summed E-state index contributed by atoms with van der Waals surface area (Å²) in [5.41, 5.74) is 0.210. The van der Waals surface area contributed by atoms with Gasteiger partial charge in [-0.05, 0) is 19.8 Å². The Bertz CT molecular complexity index is 666. The summed E-state index contributed by atoms with van der Waals surface area (Å²) in [5, 5.41) is 6.32. The smallest absolute Gasteiger partial charge is 0.360 e. The number of hydrogen-bond acceptors (Lipinski definition) is 5. The lowest BCUT2D eigenvalue weighted by atomic mass is 10.2. The van der Waals surface area contributed by atoms with Crippen molar-refractivity contribution in [1.29, 1.82) is 0 Å². The molecule has 6 nitrogen and oxygen atoms in total. The zero-order valence-electron chi connectivity index (χ0n) is 9.86. The maximum Gasteiger partial charge on any atom is 0.360 e. The summed E-state index contributed by atoms with van der Waals surface area (Å²) >= 11 is 0. The quantitative estimate of drug-likeness (QED) is 0.833. The van der Waals surface area contributed by atoms with Gasteiger partial charge in [0.05, 0.1) is 6.61 Å². The van der Waals surface area contributed by atoms with Crippen LogP contribution in [0.4, 0.5) is 0 Å². The lowest BCUT2D eigenvalue weighted by Crippen LogP contribution is -2.06. The molecule has 6 heteroatoms. The normalized spacial score (nSPS) is 14.9. The molecular weight excluding hydrogens is 236 g/mol. The molecule has 94 valence electrons. The average molecular weight is 248 g/mol. The van der Waals surface area contributed by atoms with E-state index < -0.39 is 5.97 Å². The van der Waals surface area contributed by atoms with Crippen LogP contribution in [-0.2, 0) is 4.74 Å². The van der Waals surface area contributed by atoms with Crippen molar-refractivity contribution in [1.82, 2.24) is 10.2 Å². The van der Waals surface area contributed by atoms with E-state index in [0.29, 0.717) is 11.7 Å². The van der Waals surface area contributed by atoms with E-state index in [-0.39, 0.29) is 28.8 Å². The van der Waals surface area contributed by atoms with E-state index in [2.05, 4.69) is 10.2 Å². The molecule has 1 N–H and O–H groups in total. The minimum Gasteiger partial charge on any atom is -0.461 e. The van der Waals surface area contributed by atoms with Crippen molar-refractivity contribution in [2.75, 3.05) is 6.61 Å². The molecule has 1 fully saturated rings. The number of aromatic amines is 1. The molecule has 0 bridgehead atoms. The van der Waals surface area contributed by atoms with Crippen molar-refractivity contribution >= 4 is 17.1 Å². The maximum absolute atomic E-state index is 11.8. The first-order chi connectivity index (χ1) is 8.70. The number of esters is 1. The monoisotopic (exact) mass is 248 g/mol. The molecule has 0 aromatic carbocycles. The van der Waals surface area contributed by atoms with Gasteiger partial charge >= 0.3 is 5.97 Å². The van der Waals surface area contributed by atoms with Gasteiger partial charge in [0.1, 0.15) is 5.76 Å². The zero-order chi connectivity index (χ0) is 12.7. The van der Waals surface area contributed by atoms with Crippen LogP contribution in [0.25, 0.3) is 11.1 Å². The molecule has 2 aromatic heterocycles. The fourth-order valence-corrected chi connectivity index (χ4v) is 1.85. The minimum absolute atomic E-state index is 0.103. The Balaban J connectivity index is 2.15. The van der Waals surface area contributed by atoms with E-state index in [1.807, 2.05) is 0 Å². The standard InChI is InChI=1S/C12H12N2O4/c1-2-17-12(16)10-11-9(13-14-10)7(15)5-8(18-11)6-3-4-6/h5-6H,2-4H2,1H3,(H,13,14). The van der Waals surface area contributed by atoms with Gasteiger partial charge in [-0.1, -0.05) is 0 Å². The van der Waals surface area contributed by atoms with Gasteiger partial charge in [0.25, 0.3) is 0 Å². The highest BCUT2D eigenvalue weighted by molar-refractivity contribution is 5.98. The molecule has 0 saturated heterocycles. The van der Waals surface area contributed by atoms with Crippen molar-refractivity contribution in [3.8, 4) is 0 Å². The molecule has 1 aliphatic rings. The minimum atomic E-state index is -0.559. The molecule has 0 radical (unpaired) electrons. The second-order valence-electron chi connectivity index (χ2n) is 4.28. The van der Waals surface area contributed by atoms with Gasteiger partial charge in [-0.25, -0.2) is 4.79 Å². The Labute approximate surface area is 102 Å². The van der Waals surface area contributed by atoms with Crippen molar-refractivity contribution in [3.05, 3.63) is 27.7 Å². The third kappa shape index (κ3) is 1.70. The summed E-state index contributed by atoms with van der Waals surface area (Å²) in [4.78, 5) is 23.5. The van der Waals surface area contributed by atoms with Crippen LogP contribution in [0.1, 0.15) is 41.9 Å². The van der Waals surface area contributed by atoms with Gasteiger partial charge in [-0.3, -0.25) is 9.89 Å². The van der Waals surface area contributed by atoms with E-state index >= 15 is 0 Å². The summed E-state index contributed by atoms with van der Waals surface area (Å²) in [7, 11) is 0. The van der Waals surface area contributed by atoms with Gasteiger partial charge in [0.15, 0.2) is 16.8 Å². The third-order valence-electron chi connectivity index (χ3n) is 2.91. The highest BCUT2D eigenvalue weighted by Gasteiger charge is 2.28. The number of carbonyl (C=O) groups excluding carboxylic acids is 1. The van der Waals surface area contributed by atoms with Gasteiger partial charge in [-0.2, -0.15) is 5.10 Å². The van der Waals surface area contributed by atoms with E-state index in [1.54, 1.807) is 6.92 Å². The SMILES string of the molecule is CCOC(=O)c1[nH]nc2c(=O)cc(C3CC3)oc12. The fourth-order valence-electron chi connectivity index (χ4n) is 1.85. The van der Waals surface area contributed by atoms with Crippen molar-refractivity contribution in [2.45, 2.75) is 25.7 Å². The maximum atomic E-state index is 11.8. The fraction of sp³-hybridized carbons (Fsp3) is 0.417. The van der Waals surface area contributed by atoms with Crippen molar-refractivity contribution < 1.29 is 13.9 Å². The summed E-state index contributed by atoms with van der Waals surface area (Å²) in [6, 6.07) is 1.45. The number of hydrogen-bond donors (Lipinski definition) is 1. The first-order valence-electron chi connectivity index (χ1n) is 5.90. The summed E-state index contributed by atoms with van der Waals surface area (Å²) < 4.78 is 10.5. The number of ether oxygens (including phenoxy) is 1. The number of nitrogens with one attached hydrogen (secondary N) is 1. The Morgan fingerprint density at radius 3 is 3.06 bits per heavy atom. The number of fused-ring (bicyclic) bond motifs is 1. The van der Waals surface area contributed by atoms with Gasteiger partial charge < -0.3 is 9.15 Å². The number of nitrogens with zero attached hydrogens (tertiary/aromatic N) is 1. The van der Waals surface area contributed by atoms with Crippen LogP contribution < -0.4 is 5.43 Å². The van der Waals surface area contributed by atoms with Gasteiger partial charge in [0, 0.05) is 12.0 Å². The summed E-state index contributed by atoms with van der Waals surface area (Å²) in [6.45, 7) is 1.97. The van der Waals surface area contributed by atoms with E-state index in [1.165, 1.54) is 6.07 Å². The lowest BCUT2D eigenvalue weighted by molar-refractivity contribution is 0.0520. The van der Waals surface area contributed by atoms with E-state index in [9.17, 15) is 9.59 Å². The number of H-pyrrole nitrogens is 1. The molecule has 2 aromatic rings. The topological polar surface area (TPSA) is 85.2 Å². The Morgan fingerprint density at radius 1 is 1.61 bits per heavy atom. The van der Waals surface area contributed by atoms with Crippen LogP contribution in [0.3, 0.4) is 0 Å². The molecule has 0 atom stereocenters. The predicted molar refractivity (Wildman–Crippen MR) is 62.6 cm³/mol. The zero-order valence-corrected chi connectivity index (χ0v) is 9.86. The second-order valence-corrected chi connectivity index (χ2v) is 4.28. The van der Waals surface area contributed by atoms with Crippen LogP contribution in [0.5, 0.6) is 0 Å². The Morgan fingerprint density at radius 2 is 2.39 bits per heavy atom. The molecule has 1 aliphatic carbocycles. The Hall–Kier alpha value is -2.11. The molecule has 3 rings (SSSR count).